The van der Waals surface area contributed by atoms with Gasteiger partial charge in [-0.25, -0.2) is 0 Å². The van der Waals surface area contributed by atoms with E-state index in [1.54, 1.807) is 0 Å². The van der Waals surface area contributed by atoms with E-state index in [0.717, 1.165) is 11.8 Å². The van der Waals surface area contributed by atoms with Crippen molar-refractivity contribution in [1.82, 2.24) is 10.3 Å². The average molecular weight is 429 g/mol. The van der Waals surface area contributed by atoms with Crippen molar-refractivity contribution in [3.8, 4) is 0 Å². The fourth-order valence-corrected chi connectivity index (χ4v) is 2.98. The first-order valence-electron chi connectivity index (χ1n) is 9.94. The van der Waals surface area contributed by atoms with Gasteiger partial charge in [0.2, 0.25) is 0 Å². The minimum absolute atomic E-state index is 0.102. The Labute approximate surface area is 180 Å². The van der Waals surface area contributed by atoms with Crippen molar-refractivity contribution in [3.05, 3.63) is 70.0 Å². The lowest BCUT2D eigenvalue weighted by Crippen LogP contribution is -2.49. The van der Waals surface area contributed by atoms with E-state index in [0.29, 0.717) is 12.1 Å². The second-order valence-electron chi connectivity index (χ2n) is 7.49. The fourth-order valence-electron chi connectivity index (χ4n) is 2.98. The number of carbonyl (C=O) groups excluding carboxylic acids is 2. The van der Waals surface area contributed by atoms with Gasteiger partial charge in [-0.05, 0) is 24.0 Å². The monoisotopic (exact) mass is 429 g/mol. The summed E-state index contributed by atoms with van der Waals surface area (Å²) in [6.45, 7) is 4.05. The van der Waals surface area contributed by atoms with E-state index in [9.17, 15) is 19.7 Å². The normalized spacial score (nSPS) is 12.8. The lowest BCUT2D eigenvalue weighted by atomic mass is 10.0. The van der Waals surface area contributed by atoms with Crippen LogP contribution >= 0.6 is 0 Å². The molecule has 1 N–H and O–H groups in total. The van der Waals surface area contributed by atoms with Gasteiger partial charge >= 0.3 is 11.9 Å². The van der Waals surface area contributed by atoms with Crippen LogP contribution in [-0.2, 0) is 32.1 Å². The van der Waals surface area contributed by atoms with Crippen LogP contribution in [0.25, 0.3) is 0 Å². The summed E-state index contributed by atoms with van der Waals surface area (Å²) in [5.74, 6) is -0.870. The summed E-state index contributed by atoms with van der Waals surface area (Å²) in [5.41, 5.74) is 1.17. The molecule has 31 heavy (non-hydrogen) atoms. The Hall–Kier alpha value is -3.33. The predicted molar refractivity (Wildman–Crippen MR) is 113 cm³/mol. The Kier molecular flexibility index (Phi) is 9.08. The molecule has 0 fully saturated rings. The third kappa shape index (κ3) is 7.78. The molecule has 0 radical (unpaired) electrons. The fraction of sp³-hybridized carbons (Fsp3) is 0.409. The van der Waals surface area contributed by atoms with Crippen molar-refractivity contribution in [1.29, 1.82) is 0 Å². The van der Waals surface area contributed by atoms with Crippen LogP contribution in [0.15, 0.2) is 48.7 Å². The van der Waals surface area contributed by atoms with Crippen molar-refractivity contribution in [2.45, 2.75) is 45.4 Å². The Morgan fingerprint density at radius 2 is 1.81 bits per heavy atom. The summed E-state index contributed by atoms with van der Waals surface area (Å²) < 4.78 is 10.3. The van der Waals surface area contributed by atoms with Crippen LogP contribution in [0.2, 0.25) is 0 Å². The van der Waals surface area contributed by atoms with Crippen LogP contribution in [0, 0.1) is 16.0 Å². The summed E-state index contributed by atoms with van der Waals surface area (Å²) in [6.07, 6.45) is 1.68. The highest BCUT2D eigenvalue weighted by Crippen LogP contribution is 2.13. The van der Waals surface area contributed by atoms with Gasteiger partial charge in [0.05, 0.1) is 12.0 Å². The van der Waals surface area contributed by atoms with Crippen LogP contribution in [0.4, 0.5) is 5.69 Å². The van der Waals surface area contributed by atoms with Crippen molar-refractivity contribution in [2.75, 3.05) is 7.11 Å². The number of benzene rings is 1. The first kappa shape index (κ1) is 23.9. The van der Waals surface area contributed by atoms with Crippen LogP contribution in [0.3, 0.4) is 0 Å². The van der Waals surface area contributed by atoms with Crippen molar-refractivity contribution in [2.24, 2.45) is 5.92 Å². The molecule has 166 valence electrons. The number of hydrogen-bond donors (Lipinski definition) is 1. The molecule has 0 saturated heterocycles. The van der Waals surface area contributed by atoms with Gasteiger partial charge in [-0.15, -0.1) is 0 Å². The molecule has 1 aromatic carbocycles. The highest BCUT2D eigenvalue weighted by atomic mass is 16.6. The molecule has 0 saturated carbocycles. The molecule has 2 aromatic rings. The van der Waals surface area contributed by atoms with Gasteiger partial charge in [0.25, 0.3) is 5.69 Å². The molecule has 9 heteroatoms. The molecule has 1 aromatic heterocycles. The largest absolute Gasteiger partial charge is 0.468 e. The third-order valence-corrected chi connectivity index (χ3v) is 4.54. The Morgan fingerprint density at radius 3 is 2.35 bits per heavy atom. The van der Waals surface area contributed by atoms with Gasteiger partial charge in [-0.1, -0.05) is 44.2 Å². The minimum Gasteiger partial charge on any atom is -0.468 e. The summed E-state index contributed by atoms with van der Waals surface area (Å²) in [5, 5.41) is 13.8. The first-order chi connectivity index (χ1) is 14.8. The van der Waals surface area contributed by atoms with Gasteiger partial charge in [0.1, 0.15) is 24.9 Å². The molecule has 0 unspecified atom stereocenters. The minimum atomic E-state index is -0.869. The molecule has 0 amide bonds. The van der Waals surface area contributed by atoms with E-state index in [1.807, 2.05) is 44.2 Å². The summed E-state index contributed by atoms with van der Waals surface area (Å²) in [7, 11) is 1.26. The lowest BCUT2D eigenvalue weighted by Gasteiger charge is -2.24. The zero-order valence-corrected chi connectivity index (χ0v) is 17.8. The maximum absolute atomic E-state index is 12.7. The van der Waals surface area contributed by atoms with Gasteiger partial charge in [-0.3, -0.25) is 30.0 Å². The van der Waals surface area contributed by atoms with E-state index < -0.39 is 28.9 Å². The summed E-state index contributed by atoms with van der Waals surface area (Å²) in [6, 6.07) is 10.5. The van der Waals surface area contributed by atoms with E-state index in [-0.39, 0.29) is 24.6 Å². The summed E-state index contributed by atoms with van der Waals surface area (Å²) >= 11 is 0. The van der Waals surface area contributed by atoms with Crippen LogP contribution in [-0.4, -0.2) is 41.0 Å². The number of esters is 2. The molecular weight excluding hydrogens is 402 g/mol. The zero-order chi connectivity index (χ0) is 22.8. The number of rotatable bonds is 11. The molecule has 0 aliphatic heterocycles. The Bertz CT molecular complexity index is 871. The van der Waals surface area contributed by atoms with E-state index in [4.69, 9.17) is 9.47 Å². The molecule has 1 heterocycles. The number of carbonyl (C=O) groups is 2. The second kappa shape index (κ2) is 11.8. The maximum atomic E-state index is 12.7. The van der Waals surface area contributed by atoms with Gasteiger partial charge < -0.3 is 9.47 Å². The number of methoxy groups -OCH3 is 1. The van der Waals surface area contributed by atoms with Crippen LogP contribution < -0.4 is 5.32 Å². The Balaban J connectivity index is 2.11. The number of aromatic nitrogens is 1. The van der Waals surface area contributed by atoms with Crippen molar-refractivity contribution in [3.63, 3.8) is 0 Å². The highest BCUT2D eigenvalue weighted by molar-refractivity contribution is 5.79. The maximum Gasteiger partial charge on any atom is 0.323 e. The molecule has 2 atom stereocenters. The predicted octanol–water partition coefficient (Wildman–Crippen LogP) is 2.82. The second-order valence-corrected chi connectivity index (χ2v) is 7.49. The lowest BCUT2D eigenvalue weighted by molar-refractivity contribution is -0.385. The topological polar surface area (TPSA) is 121 Å². The molecule has 0 spiro atoms. The van der Waals surface area contributed by atoms with Crippen molar-refractivity contribution >= 4 is 17.6 Å². The molecule has 2 rings (SSSR count). The van der Waals surface area contributed by atoms with Gasteiger partial charge in [-0.2, -0.15) is 0 Å². The molecule has 0 aliphatic carbocycles. The molecule has 0 aliphatic rings. The molecular formula is C22H27N3O6. The highest BCUT2D eigenvalue weighted by Gasteiger charge is 2.29. The van der Waals surface area contributed by atoms with Gasteiger partial charge in [0.15, 0.2) is 0 Å². The van der Waals surface area contributed by atoms with Crippen LogP contribution in [0.1, 0.15) is 31.5 Å². The van der Waals surface area contributed by atoms with Crippen molar-refractivity contribution < 1.29 is 24.0 Å². The molecule has 9 nitrogen and oxygen atoms in total. The third-order valence-electron chi connectivity index (χ3n) is 4.54. The van der Waals surface area contributed by atoms with E-state index in [2.05, 4.69) is 10.3 Å². The smallest absolute Gasteiger partial charge is 0.323 e. The number of ether oxygens (including phenoxy) is 2. The number of nitro groups is 1. The standard InChI is InChI=1S/C22H27N3O6/c1-15(2)11-19(22(27)31-14-16-7-5-4-6-8-16)24-20(21(26)30-3)12-17-9-10-18(13-23-17)25(28)29/h4-10,13,15,19-20,24H,11-12,14H2,1-3H3/t19-,20-/m0/s1. The zero-order valence-electron chi connectivity index (χ0n) is 17.8. The first-order valence-corrected chi connectivity index (χ1v) is 9.94. The number of nitrogens with zero attached hydrogens (tertiary/aromatic N) is 2. The average Bonchev–Trinajstić information content (AvgIpc) is 2.76. The number of pyridine rings is 1. The SMILES string of the molecule is COC(=O)[C@H](Cc1ccc([N+](=O)[O-])cn1)N[C@@H](CC(C)C)C(=O)OCc1ccccc1. The van der Waals surface area contributed by atoms with Crippen LogP contribution in [0.5, 0.6) is 0 Å². The quantitative estimate of drug-likeness (QED) is 0.329. The van der Waals surface area contributed by atoms with Gasteiger partial charge in [0, 0.05) is 18.2 Å². The van der Waals surface area contributed by atoms with E-state index >= 15 is 0 Å². The summed E-state index contributed by atoms with van der Waals surface area (Å²) in [4.78, 5) is 39.4. The number of nitrogens with one attached hydrogen (secondary N) is 1. The molecule has 0 bridgehead atoms. The number of hydrogen-bond acceptors (Lipinski definition) is 8. The van der Waals surface area contributed by atoms with E-state index in [1.165, 1.54) is 19.2 Å². The Morgan fingerprint density at radius 1 is 1.10 bits per heavy atom.